The first-order valence-corrected chi connectivity index (χ1v) is 8.23. The van der Waals surface area contributed by atoms with Crippen molar-refractivity contribution in [2.75, 3.05) is 6.54 Å². The molecule has 0 radical (unpaired) electrons. The van der Waals surface area contributed by atoms with Gasteiger partial charge in [-0.2, -0.15) is 0 Å². The summed E-state index contributed by atoms with van der Waals surface area (Å²) in [5.41, 5.74) is 0.890. The first-order valence-electron chi connectivity index (χ1n) is 8.23. The summed E-state index contributed by atoms with van der Waals surface area (Å²) in [7, 11) is 0. The molecule has 2 aliphatic rings. The Hall–Kier alpha value is -2.57. The Kier molecular flexibility index (Phi) is 3.63. The number of rotatable bonds is 4. The van der Waals surface area contributed by atoms with Crippen LogP contribution in [0.1, 0.15) is 30.8 Å². The minimum Gasteiger partial charge on any atom is -0.467 e. The molecule has 0 spiro atoms. The van der Waals surface area contributed by atoms with Gasteiger partial charge in [-0.1, -0.05) is 6.92 Å². The summed E-state index contributed by atoms with van der Waals surface area (Å²) < 4.78 is 7.10. The van der Waals surface area contributed by atoms with E-state index in [0.717, 1.165) is 12.1 Å². The normalized spacial score (nSPS) is 25.2. The lowest BCUT2D eigenvalue weighted by Gasteiger charge is -2.34. The van der Waals surface area contributed by atoms with E-state index in [9.17, 15) is 9.59 Å². The first-order chi connectivity index (χ1) is 11.6. The Morgan fingerprint density at radius 3 is 3.00 bits per heavy atom. The number of imidazole rings is 1. The summed E-state index contributed by atoms with van der Waals surface area (Å²) in [4.78, 5) is 31.1. The molecule has 7 heteroatoms. The Bertz CT molecular complexity index is 752. The van der Waals surface area contributed by atoms with Gasteiger partial charge in [-0.05, 0) is 24.5 Å². The van der Waals surface area contributed by atoms with E-state index in [-0.39, 0.29) is 17.7 Å². The van der Waals surface area contributed by atoms with Gasteiger partial charge in [0, 0.05) is 12.1 Å². The maximum atomic E-state index is 12.6. The number of nitrogens with zero attached hydrogens (tertiary/aromatic N) is 3. The van der Waals surface area contributed by atoms with E-state index in [1.807, 2.05) is 10.6 Å². The van der Waals surface area contributed by atoms with Crippen LogP contribution in [-0.2, 0) is 22.7 Å². The summed E-state index contributed by atoms with van der Waals surface area (Å²) in [6.07, 6.45) is 5.91. The number of amides is 2. The number of carbonyl (C=O) groups is 2. The maximum absolute atomic E-state index is 12.6. The second-order valence-electron chi connectivity index (χ2n) is 6.64. The highest BCUT2D eigenvalue weighted by Gasteiger charge is 2.43. The van der Waals surface area contributed by atoms with E-state index in [1.165, 1.54) is 0 Å². The lowest BCUT2D eigenvalue weighted by atomic mass is 10.1. The SMILES string of the molecule is C[C@@H]1C[C@H]1C(=O)N1Cc2cncn2[C@@H](C(=O)NCc2ccco2)C1. The van der Waals surface area contributed by atoms with Crippen LogP contribution >= 0.6 is 0 Å². The van der Waals surface area contributed by atoms with Crippen molar-refractivity contribution in [1.29, 1.82) is 0 Å². The van der Waals surface area contributed by atoms with Crippen LogP contribution in [0.3, 0.4) is 0 Å². The van der Waals surface area contributed by atoms with Crippen molar-refractivity contribution in [2.24, 2.45) is 11.8 Å². The van der Waals surface area contributed by atoms with E-state index in [2.05, 4.69) is 17.2 Å². The quantitative estimate of drug-likeness (QED) is 0.918. The molecule has 0 unspecified atom stereocenters. The zero-order valence-electron chi connectivity index (χ0n) is 13.5. The highest BCUT2D eigenvalue weighted by atomic mass is 16.3. The van der Waals surface area contributed by atoms with E-state index in [1.54, 1.807) is 29.8 Å². The molecular weight excluding hydrogens is 308 g/mol. The van der Waals surface area contributed by atoms with Crippen LogP contribution in [-0.4, -0.2) is 32.8 Å². The average Bonchev–Trinajstić information content (AvgIpc) is 3.01. The number of fused-ring (bicyclic) bond motifs is 1. The highest BCUT2D eigenvalue weighted by molar-refractivity contribution is 5.84. The fourth-order valence-corrected chi connectivity index (χ4v) is 3.27. The molecule has 0 bridgehead atoms. The smallest absolute Gasteiger partial charge is 0.245 e. The third-order valence-corrected chi connectivity index (χ3v) is 4.89. The second-order valence-corrected chi connectivity index (χ2v) is 6.64. The maximum Gasteiger partial charge on any atom is 0.245 e. The van der Waals surface area contributed by atoms with Crippen LogP contribution in [0.4, 0.5) is 0 Å². The van der Waals surface area contributed by atoms with Crippen LogP contribution < -0.4 is 5.32 Å². The van der Waals surface area contributed by atoms with Gasteiger partial charge in [-0.25, -0.2) is 4.98 Å². The molecule has 126 valence electrons. The summed E-state index contributed by atoms with van der Waals surface area (Å²) in [5.74, 6) is 1.29. The predicted molar refractivity (Wildman–Crippen MR) is 84.5 cm³/mol. The summed E-state index contributed by atoms with van der Waals surface area (Å²) >= 11 is 0. The van der Waals surface area contributed by atoms with Gasteiger partial charge in [0.1, 0.15) is 11.8 Å². The van der Waals surface area contributed by atoms with Gasteiger partial charge < -0.3 is 19.2 Å². The monoisotopic (exact) mass is 328 g/mol. The molecular formula is C17H20N4O3. The largest absolute Gasteiger partial charge is 0.467 e. The molecule has 1 fully saturated rings. The van der Waals surface area contributed by atoms with Gasteiger partial charge in [0.2, 0.25) is 11.8 Å². The first kappa shape index (κ1) is 15.0. The number of hydrogen-bond acceptors (Lipinski definition) is 4. The third kappa shape index (κ3) is 2.70. The highest BCUT2D eigenvalue weighted by Crippen LogP contribution is 2.40. The second kappa shape index (κ2) is 5.81. The van der Waals surface area contributed by atoms with E-state index in [4.69, 9.17) is 4.42 Å². The van der Waals surface area contributed by atoms with Crippen molar-refractivity contribution >= 4 is 11.8 Å². The number of hydrogen-bond donors (Lipinski definition) is 1. The molecule has 1 aliphatic carbocycles. The van der Waals surface area contributed by atoms with Crippen LogP contribution in [0.25, 0.3) is 0 Å². The topological polar surface area (TPSA) is 80.4 Å². The van der Waals surface area contributed by atoms with Gasteiger partial charge in [0.25, 0.3) is 0 Å². The molecule has 1 N–H and O–H groups in total. The molecule has 2 aromatic heterocycles. The number of carbonyl (C=O) groups excluding carboxylic acids is 2. The number of furan rings is 1. The zero-order valence-corrected chi connectivity index (χ0v) is 13.5. The Labute approximate surface area is 139 Å². The van der Waals surface area contributed by atoms with Gasteiger partial charge in [-0.15, -0.1) is 0 Å². The molecule has 0 saturated heterocycles. The lowest BCUT2D eigenvalue weighted by molar-refractivity contribution is -0.136. The molecule has 1 saturated carbocycles. The Morgan fingerprint density at radius 1 is 1.46 bits per heavy atom. The fraction of sp³-hybridized carbons (Fsp3) is 0.471. The van der Waals surface area contributed by atoms with Crippen LogP contribution in [0.2, 0.25) is 0 Å². The minimum absolute atomic E-state index is 0.117. The number of aromatic nitrogens is 2. The van der Waals surface area contributed by atoms with Crippen molar-refractivity contribution in [3.63, 3.8) is 0 Å². The van der Waals surface area contributed by atoms with E-state index in [0.29, 0.717) is 31.3 Å². The van der Waals surface area contributed by atoms with Gasteiger partial charge in [0.15, 0.2) is 0 Å². The molecule has 2 aromatic rings. The van der Waals surface area contributed by atoms with Gasteiger partial charge in [0.05, 0.1) is 37.9 Å². The molecule has 3 heterocycles. The van der Waals surface area contributed by atoms with Crippen LogP contribution in [0.15, 0.2) is 35.3 Å². The van der Waals surface area contributed by atoms with Crippen molar-refractivity contribution in [2.45, 2.75) is 32.5 Å². The molecule has 2 amide bonds. The number of nitrogens with one attached hydrogen (secondary N) is 1. The van der Waals surface area contributed by atoms with Gasteiger partial charge >= 0.3 is 0 Å². The molecule has 4 rings (SSSR count). The van der Waals surface area contributed by atoms with Crippen molar-refractivity contribution < 1.29 is 14.0 Å². The Morgan fingerprint density at radius 2 is 2.29 bits per heavy atom. The van der Waals surface area contributed by atoms with E-state index < -0.39 is 6.04 Å². The van der Waals surface area contributed by atoms with Crippen molar-refractivity contribution in [3.8, 4) is 0 Å². The molecule has 1 aliphatic heterocycles. The van der Waals surface area contributed by atoms with Crippen LogP contribution in [0.5, 0.6) is 0 Å². The minimum atomic E-state index is -0.454. The molecule has 0 aromatic carbocycles. The predicted octanol–water partition coefficient (Wildman–Crippen LogP) is 1.33. The summed E-state index contributed by atoms with van der Waals surface area (Å²) in [5, 5.41) is 2.88. The third-order valence-electron chi connectivity index (χ3n) is 4.89. The molecule has 7 nitrogen and oxygen atoms in total. The Balaban J connectivity index is 1.48. The average molecular weight is 328 g/mol. The lowest BCUT2D eigenvalue weighted by Crippen LogP contribution is -2.46. The fourth-order valence-electron chi connectivity index (χ4n) is 3.27. The summed E-state index contributed by atoms with van der Waals surface area (Å²) in [6, 6.07) is 3.14. The molecule has 24 heavy (non-hydrogen) atoms. The zero-order chi connectivity index (χ0) is 16.7. The van der Waals surface area contributed by atoms with Crippen LogP contribution in [0, 0.1) is 11.8 Å². The van der Waals surface area contributed by atoms with Crippen molar-refractivity contribution in [3.05, 3.63) is 42.4 Å². The van der Waals surface area contributed by atoms with Gasteiger partial charge in [-0.3, -0.25) is 9.59 Å². The standard InChI is InChI=1S/C17H20N4O3/c1-11-5-14(11)17(23)20-8-12-6-18-10-21(12)15(9-20)16(22)19-7-13-3-2-4-24-13/h2-4,6,10-11,14-15H,5,7-9H2,1H3,(H,19,22)/t11-,14-,15-/m1/s1. The van der Waals surface area contributed by atoms with E-state index >= 15 is 0 Å². The van der Waals surface area contributed by atoms with Crippen molar-refractivity contribution in [1.82, 2.24) is 19.8 Å². The summed E-state index contributed by atoms with van der Waals surface area (Å²) in [6.45, 7) is 3.32. The molecule has 3 atom stereocenters.